The maximum atomic E-state index is 14.0. The molecule has 0 unspecified atom stereocenters. The van der Waals surface area contributed by atoms with Crippen molar-refractivity contribution >= 4 is 23.4 Å². The average molecular weight is 502 g/mol. The lowest BCUT2D eigenvalue weighted by Crippen LogP contribution is -2.55. The van der Waals surface area contributed by atoms with Crippen molar-refractivity contribution in [2.24, 2.45) is 5.92 Å². The molecule has 2 aliphatic rings. The van der Waals surface area contributed by atoms with Crippen LogP contribution in [0, 0.1) is 5.92 Å². The Hall–Kier alpha value is -4.14. The van der Waals surface area contributed by atoms with Crippen LogP contribution in [0.15, 0.2) is 60.7 Å². The van der Waals surface area contributed by atoms with Crippen LogP contribution in [0.1, 0.15) is 31.2 Å². The fourth-order valence-corrected chi connectivity index (χ4v) is 5.61. The summed E-state index contributed by atoms with van der Waals surface area (Å²) in [6.07, 6.45) is 2.13. The number of phenolic OH excluding ortho intramolecular Hbond substituents is 1. The number of aromatic hydroxyl groups is 1. The Morgan fingerprint density at radius 3 is 2.22 bits per heavy atom. The lowest BCUT2D eigenvalue weighted by Gasteiger charge is -2.45. The summed E-state index contributed by atoms with van der Waals surface area (Å²) in [5.41, 5.74) is 8.35. The second-order valence-corrected chi connectivity index (χ2v) is 9.86. The molecule has 9 nitrogen and oxygen atoms in total. The number of carboxylic acid groups (broad SMARTS) is 1. The first-order valence-electron chi connectivity index (χ1n) is 12.6. The van der Waals surface area contributed by atoms with E-state index in [0.717, 1.165) is 11.3 Å². The molecule has 2 aromatic carbocycles. The van der Waals surface area contributed by atoms with Gasteiger partial charge in [-0.25, -0.2) is 0 Å². The molecule has 2 aliphatic heterocycles. The fourth-order valence-electron chi connectivity index (χ4n) is 5.61. The molecule has 0 aliphatic carbocycles. The van der Waals surface area contributed by atoms with Crippen molar-refractivity contribution in [1.82, 2.24) is 15.1 Å². The molecular formula is C28H31N5O4. The number of nitrogen functional groups attached to an aromatic ring is 1. The molecule has 9 heteroatoms. The summed E-state index contributed by atoms with van der Waals surface area (Å²) >= 11 is 0. The van der Waals surface area contributed by atoms with Gasteiger partial charge >= 0.3 is 5.97 Å². The van der Waals surface area contributed by atoms with Crippen molar-refractivity contribution in [1.29, 1.82) is 0 Å². The minimum absolute atomic E-state index is 0.0675. The Morgan fingerprint density at radius 1 is 0.919 bits per heavy atom. The number of aliphatic carboxylic acids is 1. The number of carboxylic acids is 1. The van der Waals surface area contributed by atoms with Gasteiger partial charge in [-0.3, -0.25) is 9.59 Å². The lowest BCUT2D eigenvalue weighted by molar-refractivity contribution is -0.147. The Labute approximate surface area is 215 Å². The molecule has 2 saturated heterocycles. The fraction of sp³-hybridized carbons (Fsp3) is 0.357. The summed E-state index contributed by atoms with van der Waals surface area (Å²) in [7, 11) is 0. The number of nitrogens with zero attached hydrogens (tertiary/aromatic N) is 4. The Balaban J connectivity index is 1.40. The van der Waals surface area contributed by atoms with Crippen molar-refractivity contribution < 1.29 is 19.8 Å². The number of likely N-dealkylation sites (tertiary alicyclic amines) is 1. The number of benzene rings is 2. The van der Waals surface area contributed by atoms with Gasteiger partial charge in [0.1, 0.15) is 5.75 Å². The predicted molar refractivity (Wildman–Crippen MR) is 140 cm³/mol. The minimum atomic E-state index is -0.787. The van der Waals surface area contributed by atoms with E-state index >= 15 is 0 Å². The maximum Gasteiger partial charge on any atom is 0.306 e. The summed E-state index contributed by atoms with van der Waals surface area (Å²) in [4.78, 5) is 29.4. The lowest BCUT2D eigenvalue weighted by atomic mass is 9.71. The van der Waals surface area contributed by atoms with Crippen LogP contribution in [0.3, 0.4) is 0 Å². The maximum absolute atomic E-state index is 14.0. The highest BCUT2D eigenvalue weighted by Crippen LogP contribution is 2.41. The van der Waals surface area contributed by atoms with E-state index in [1.165, 1.54) is 0 Å². The molecule has 0 saturated carbocycles. The van der Waals surface area contributed by atoms with Gasteiger partial charge < -0.3 is 25.7 Å². The standard InChI is InChI=1S/C28H31N5O4/c29-25-23(18-22(30-31-25)21-8-4-5-9-24(21)34)32-16-12-28(13-17-32,20-6-2-1-3-7-20)27(37)33-14-10-19(11-15-33)26(35)36/h1-9,18-19,34H,10-17H2,(H2,29,31)(H,35,36). The Kier molecular flexibility index (Phi) is 6.69. The van der Waals surface area contributed by atoms with Crippen molar-refractivity contribution in [2.75, 3.05) is 36.8 Å². The molecule has 4 N–H and O–H groups in total. The zero-order chi connectivity index (χ0) is 26.0. The summed E-state index contributed by atoms with van der Waals surface area (Å²) < 4.78 is 0. The number of hydrogen-bond acceptors (Lipinski definition) is 7. The first-order chi connectivity index (χ1) is 17.9. The minimum Gasteiger partial charge on any atom is -0.507 e. The summed E-state index contributed by atoms with van der Waals surface area (Å²) in [5, 5.41) is 28.0. The van der Waals surface area contributed by atoms with Crippen molar-refractivity contribution in [3.05, 3.63) is 66.2 Å². The zero-order valence-corrected chi connectivity index (χ0v) is 20.6. The molecule has 3 heterocycles. The highest BCUT2D eigenvalue weighted by atomic mass is 16.4. The summed E-state index contributed by atoms with van der Waals surface area (Å²) in [6, 6.07) is 18.7. The number of anilines is 2. The molecule has 2 fully saturated rings. The molecule has 1 aromatic heterocycles. The molecule has 5 rings (SSSR count). The number of nitrogens with two attached hydrogens (primary N) is 1. The van der Waals surface area contributed by atoms with Gasteiger partial charge in [-0.15, -0.1) is 10.2 Å². The Bertz CT molecular complexity index is 1280. The molecule has 0 spiro atoms. The number of carbonyl (C=O) groups is 2. The highest BCUT2D eigenvalue weighted by Gasteiger charge is 2.46. The highest BCUT2D eigenvalue weighted by molar-refractivity contribution is 5.89. The monoisotopic (exact) mass is 501 g/mol. The number of para-hydroxylation sites is 1. The van der Waals surface area contributed by atoms with Crippen LogP contribution in [0.2, 0.25) is 0 Å². The molecule has 0 bridgehead atoms. The average Bonchev–Trinajstić information content (AvgIpc) is 2.94. The van der Waals surface area contributed by atoms with Crippen LogP contribution in [-0.4, -0.2) is 63.4 Å². The van der Waals surface area contributed by atoms with E-state index in [0.29, 0.717) is 68.9 Å². The van der Waals surface area contributed by atoms with Gasteiger partial charge in [-0.05, 0) is 49.4 Å². The quantitative estimate of drug-likeness (QED) is 0.485. The second kappa shape index (κ2) is 10.1. The molecule has 192 valence electrons. The molecule has 1 amide bonds. The number of aromatic nitrogens is 2. The Morgan fingerprint density at radius 2 is 1.57 bits per heavy atom. The molecule has 0 radical (unpaired) electrons. The molecule has 0 atom stereocenters. The normalized spacial score (nSPS) is 17.9. The van der Waals surface area contributed by atoms with Gasteiger partial charge in [-0.2, -0.15) is 0 Å². The third-order valence-electron chi connectivity index (χ3n) is 7.81. The van der Waals surface area contributed by atoms with E-state index < -0.39 is 11.4 Å². The first-order valence-corrected chi connectivity index (χ1v) is 12.6. The SMILES string of the molecule is Nc1nnc(-c2ccccc2O)cc1N1CCC(C(=O)N2CCC(C(=O)O)CC2)(c2ccccc2)CC1. The van der Waals surface area contributed by atoms with E-state index in [9.17, 15) is 19.8 Å². The number of phenols is 1. The van der Waals surface area contributed by atoms with Gasteiger partial charge in [0.2, 0.25) is 5.91 Å². The smallest absolute Gasteiger partial charge is 0.306 e. The van der Waals surface area contributed by atoms with E-state index in [1.54, 1.807) is 18.2 Å². The molecular weight excluding hydrogens is 470 g/mol. The third kappa shape index (κ3) is 4.69. The van der Waals surface area contributed by atoms with Crippen molar-refractivity contribution in [3.63, 3.8) is 0 Å². The van der Waals surface area contributed by atoms with E-state index in [1.807, 2.05) is 47.4 Å². The van der Waals surface area contributed by atoms with Gasteiger partial charge in [0.25, 0.3) is 0 Å². The zero-order valence-electron chi connectivity index (χ0n) is 20.6. The van der Waals surface area contributed by atoms with Gasteiger partial charge in [0.15, 0.2) is 5.82 Å². The molecule has 37 heavy (non-hydrogen) atoms. The molecule has 3 aromatic rings. The van der Waals surface area contributed by atoms with Crippen LogP contribution >= 0.6 is 0 Å². The number of hydrogen-bond donors (Lipinski definition) is 3. The topological polar surface area (TPSA) is 133 Å². The van der Waals surface area contributed by atoms with E-state index in [-0.39, 0.29) is 17.6 Å². The number of rotatable bonds is 5. The van der Waals surface area contributed by atoms with Crippen LogP contribution < -0.4 is 10.6 Å². The van der Waals surface area contributed by atoms with Gasteiger partial charge in [0, 0.05) is 31.7 Å². The first kappa shape index (κ1) is 24.5. The summed E-state index contributed by atoms with van der Waals surface area (Å²) in [5.74, 6) is -0.693. The number of piperidine rings is 2. The van der Waals surface area contributed by atoms with E-state index in [2.05, 4.69) is 15.1 Å². The number of carbonyl (C=O) groups excluding carboxylic acids is 1. The van der Waals surface area contributed by atoms with E-state index in [4.69, 9.17) is 5.73 Å². The van der Waals surface area contributed by atoms with Crippen LogP contribution in [0.4, 0.5) is 11.5 Å². The van der Waals surface area contributed by atoms with Gasteiger partial charge in [-0.1, -0.05) is 42.5 Å². The van der Waals surface area contributed by atoms with Crippen LogP contribution in [0.25, 0.3) is 11.3 Å². The second-order valence-electron chi connectivity index (χ2n) is 9.86. The van der Waals surface area contributed by atoms with Crippen molar-refractivity contribution in [3.8, 4) is 17.0 Å². The number of amides is 1. The predicted octanol–water partition coefficient (Wildman–Crippen LogP) is 3.29. The van der Waals surface area contributed by atoms with Gasteiger partial charge in [0.05, 0.1) is 22.7 Å². The van der Waals surface area contributed by atoms with Crippen molar-refractivity contribution in [2.45, 2.75) is 31.1 Å². The largest absolute Gasteiger partial charge is 0.507 e. The van der Waals surface area contributed by atoms with Crippen LogP contribution in [0.5, 0.6) is 5.75 Å². The van der Waals surface area contributed by atoms with Crippen LogP contribution in [-0.2, 0) is 15.0 Å². The third-order valence-corrected chi connectivity index (χ3v) is 7.81. The summed E-state index contributed by atoms with van der Waals surface area (Å²) in [6.45, 7) is 2.09.